The lowest BCUT2D eigenvalue weighted by Gasteiger charge is -2.32. The highest BCUT2D eigenvalue weighted by atomic mass is 32.1. The second-order valence-electron chi connectivity index (χ2n) is 5.62. The van der Waals surface area contributed by atoms with Crippen molar-refractivity contribution in [2.75, 3.05) is 19.7 Å². The number of aromatic nitrogens is 3. The van der Waals surface area contributed by atoms with Gasteiger partial charge in [-0.1, -0.05) is 11.2 Å². The van der Waals surface area contributed by atoms with E-state index < -0.39 is 0 Å². The predicted molar refractivity (Wildman–Crippen MR) is 87.1 cm³/mol. The molecule has 0 saturated carbocycles. The van der Waals surface area contributed by atoms with Gasteiger partial charge in [0.2, 0.25) is 0 Å². The molecule has 4 rings (SSSR count). The molecule has 0 spiro atoms. The van der Waals surface area contributed by atoms with Crippen LogP contribution in [0.2, 0.25) is 0 Å². The SMILES string of the molecule is c1csc(-c2cc(CN3CCOC(Cn4cccn4)C3)no2)c1. The fourth-order valence-electron chi connectivity index (χ4n) is 2.80. The standard InChI is InChI=1S/C16H18N4O2S/c1-3-16(23-8-1)15-9-13(18-22-15)10-19-6-7-21-14(11-19)12-20-5-2-4-17-20/h1-5,8-9,14H,6-7,10-12H2. The van der Waals surface area contributed by atoms with Crippen LogP contribution in [-0.2, 0) is 17.8 Å². The Bertz CT molecular complexity index is 723. The van der Waals surface area contributed by atoms with Gasteiger partial charge in [-0.3, -0.25) is 9.58 Å². The summed E-state index contributed by atoms with van der Waals surface area (Å²) in [5.41, 5.74) is 0.966. The van der Waals surface area contributed by atoms with Crippen LogP contribution in [0.1, 0.15) is 5.69 Å². The van der Waals surface area contributed by atoms with E-state index in [0.29, 0.717) is 0 Å². The Kier molecular flexibility index (Phi) is 4.23. The number of morpholine rings is 1. The van der Waals surface area contributed by atoms with Crippen molar-refractivity contribution in [3.63, 3.8) is 0 Å². The average molecular weight is 330 g/mol. The molecule has 1 aliphatic rings. The van der Waals surface area contributed by atoms with Gasteiger partial charge in [0.15, 0.2) is 5.76 Å². The highest BCUT2D eigenvalue weighted by molar-refractivity contribution is 7.13. The zero-order valence-corrected chi connectivity index (χ0v) is 13.5. The molecule has 3 aromatic heterocycles. The number of hydrogen-bond donors (Lipinski definition) is 0. The summed E-state index contributed by atoms with van der Waals surface area (Å²) in [5, 5.41) is 10.5. The normalized spacial score (nSPS) is 19.2. The van der Waals surface area contributed by atoms with E-state index in [1.807, 2.05) is 40.5 Å². The molecule has 1 atom stereocenters. The molecule has 0 radical (unpaired) electrons. The molecule has 0 N–H and O–H groups in total. The topological polar surface area (TPSA) is 56.3 Å². The van der Waals surface area contributed by atoms with Crippen molar-refractivity contribution in [2.24, 2.45) is 0 Å². The summed E-state index contributed by atoms with van der Waals surface area (Å²) in [5.74, 6) is 0.844. The summed E-state index contributed by atoms with van der Waals surface area (Å²) in [4.78, 5) is 3.47. The maximum Gasteiger partial charge on any atom is 0.177 e. The van der Waals surface area contributed by atoms with Crippen molar-refractivity contribution in [2.45, 2.75) is 19.2 Å². The predicted octanol–water partition coefficient (Wildman–Crippen LogP) is 2.50. The molecule has 1 fully saturated rings. The summed E-state index contributed by atoms with van der Waals surface area (Å²) in [6, 6.07) is 8.03. The molecule has 6 nitrogen and oxygen atoms in total. The molecule has 1 unspecified atom stereocenters. The van der Waals surface area contributed by atoms with Gasteiger partial charge >= 0.3 is 0 Å². The number of thiophene rings is 1. The van der Waals surface area contributed by atoms with Crippen LogP contribution in [0, 0.1) is 0 Å². The Labute approximate surface area is 138 Å². The minimum Gasteiger partial charge on any atom is -0.374 e. The first-order valence-corrected chi connectivity index (χ1v) is 8.55. The lowest BCUT2D eigenvalue weighted by atomic mass is 10.2. The number of nitrogens with zero attached hydrogens (tertiary/aromatic N) is 4. The maximum atomic E-state index is 5.84. The Hall–Kier alpha value is -1.96. The zero-order chi connectivity index (χ0) is 15.5. The van der Waals surface area contributed by atoms with Crippen LogP contribution < -0.4 is 0 Å². The number of ether oxygens (including phenoxy) is 1. The van der Waals surface area contributed by atoms with Crippen molar-refractivity contribution in [1.29, 1.82) is 0 Å². The molecular weight excluding hydrogens is 312 g/mol. The van der Waals surface area contributed by atoms with Gasteiger partial charge in [-0.2, -0.15) is 5.10 Å². The first kappa shape index (κ1) is 14.6. The first-order valence-electron chi connectivity index (χ1n) is 7.68. The molecule has 1 aliphatic heterocycles. The van der Waals surface area contributed by atoms with Gasteiger partial charge in [0.05, 0.1) is 29.8 Å². The highest BCUT2D eigenvalue weighted by Crippen LogP contribution is 2.25. The Morgan fingerprint density at radius 1 is 1.35 bits per heavy atom. The molecule has 7 heteroatoms. The van der Waals surface area contributed by atoms with E-state index in [4.69, 9.17) is 9.26 Å². The van der Waals surface area contributed by atoms with Crippen molar-refractivity contribution >= 4 is 11.3 Å². The molecule has 4 heterocycles. The van der Waals surface area contributed by atoms with Crippen LogP contribution >= 0.6 is 11.3 Å². The minimum atomic E-state index is 0.160. The van der Waals surface area contributed by atoms with Crippen LogP contribution in [0.5, 0.6) is 0 Å². The monoisotopic (exact) mass is 330 g/mol. The van der Waals surface area contributed by atoms with E-state index in [1.54, 1.807) is 17.5 Å². The summed E-state index contributed by atoms with van der Waals surface area (Å²) in [7, 11) is 0. The fraction of sp³-hybridized carbons (Fsp3) is 0.375. The number of hydrogen-bond acceptors (Lipinski definition) is 6. The van der Waals surface area contributed by atoms with Crippen LogP contribution in [0.3, 0.4) is 0 Å². The largest absolute Gasteiger partial charge is 0.374 e. The van der Waals surface area contributed by atoms with E-state index in [-0.39, 0.29) is 6.10 Å². The van der Waals surface area contributed by atoms with Gasteiger partial charge in [-0.05, 0) is 17.5 Å². The quantitative estimate of drug-likeness (QED) is 0.719. The first-order chi connectivity index (χ1) is 11.4. The van der Waals surface area contributed by atoms with Gasteiger partial charge in [-0.25, -0.2) is 0 Å². The molecule has 23 heavy (non-hydrogen) atoms. The highest BCUT2D eigenvalue weighted by Gasteiger charge is 2.22. The van der Waals surface area contributed by atoms with Gasteiger partial charge < -0.3 is 9.26 Å². The van der Waals surface area contributed by atoms with Crippen molar-refractivity contribution in [3.8, 4) is 10.6 Å². The van der Waals surface area contributed by atoms with Gasteiger partial charge in [-0.15, -0.1) is 11.3 Å². The van der Waals surface area contributed by atoms with Crippen molar-refractivity contribution in [1.82, 2.24) is 19.8 Å². The summed E-state index contributed by atoms with van der Waals surface area (Å²) < 4.78 is 13.2. The van der Waals surface area contributed by atoms with E-state index in [1.165, 1.54) is 0 Å². The molecular formula is C16H18N4O2S. The van der Waals surface area contributed by atoms with Gasteiger partial charge in [0, 0.05) is 38.1 Å². The van der Waals surface area contributed by atoms with Gasteiger partial charge in [0.25, 0.3) is 0 Å². The smallest absolute Gasteiger partial charge is 0.177 e. The Morgan fingerprint density at radius 3 is 3.17 bits per heavy atom. The average Bonchev–Trinajstić information content (AvgIpc) is 3.30. The molecule has 0 aliphatic carbocycles. The Morgan fingerprint density at radius 2 is 2.35 bits per heavy atom. The minimum absolute atomic E-state index is 0.160. The summed E-state index contributed by atoms with van der Waals surface area (Å²) in [6.45, 7) is 4.09. The molecule has 0 amide bonds. The second-order valence-corrected chi connectivity index (χ2v) is 6.56. The molecule has 1 saturated heterocycles. The lowest BCUT2D eigenvalue weighted by molar-refractivity contribution is -0.0407. The third-order valence-electron chi connectivity index (χ3n) is 3.88. The van der Waals surface area contributed by atoms with Crippen LogP contribution in [0.4, 0.5) is 0 Å². The second kappa shape index (κ2) is 6.66. The third kappa shape index (κ3) is 3.52. The van der Waals surface area contributed by atoms with Crippen LogP contribution in [0.15, 0.2) is 46.6 Å². The maximum absolute atomic E-state index is 5.84. The van der Waals surface area contributed by atoms with Gasteiger partial charge in [0.1, 0.15) is 0 Å². The fourth-order valence-corrected chi connectivity index (χ4v) is 3.48. The van der Waals surface area contributed by atoms with Crippen LogP contribution in [-0.4, -0.2) is 45.6 Å². The van der Waals surface area contributed by atoms with E-state index in [9.17, 15) is 0 Å². The van der Waals surface area contributed by atoms with Crippen molar-refractivity contribution < 1.29 is 9.26 Å². The lowest BCUT2D eigenvalue weighted by Crippen LogP contribution is -2.43. The van der Waals surface area contributed by atoms with Crippen LogP contribution in [0.25, 0.3) is 10.6 Å². The molecule has 120 valence electrons. The summed E-state index contributed by atoms with van der Waals surface area (Å²) >= 11 is 1.66. The Balaban J connectivity index is 1.37. The molecule has 0 aromatic carbocycles. The number of rotatable bonds is 5. The van der Waals surface area contributed by atoms with E-state index in [2.05, 4.69) is 15.2 Å². The van der Waals surface area contributed by atoms with Crippen molar-refractivity contribution in [3.05, 3.63) is 47.7 Å². The summed E-state index contributed by atoms with van der Waals surface area (Å²) in [6.07, 6.45) is 3.92. The van der Waals surface area contributed by atoms with E-state index in [0.717, 1.165) is 49.1 Å². The third-order valence-corrected chi connectivity index (χ3v) is 4.77. The molecule has 3 aromatic rings. The zero-order valence-electron chi connectivity index (χ0n) is 12.7. The van der Waals surface area contributed by atoms with E-state index >= 15 is 0 Å². The molecule has 0 bridgehead atoms.